The van der Waals surface area contributed by atoms with E-state index in [1.54, 1.807) is 0 Å². The van der Waals surface area contributed by atoms with E-state index in [1.807, 2.05) is 18.2 Å². The largest absolute Gasteiger partial charge is 0.493 e. The monoisotopic (exact) mass is 272 g/mol. The topological polar surface area (TPSA) is 38.5 Å². The molecule has 0 saturated carbocycles. The number of hydrogen-bond donors (Lipinski definition) is 1. The first-order chi connectivity index (χ1) is 7.08. The maximum absolute atomic E-state index is 5.69. The Kier molecular flexibility index (Phi) is 4.91. The standard InChI is InChI=1S/C11H17BrN2O/c1-14(2)4-3-5-15-11-7-9(12)6-10(13)8-11/h6-8H,3-5,13H2,1-2H3. The van der Waals surface area contributed by atoms with Crippen molar-refractivity contribution in [3.63, 3.8) is 0 Å². The maximum atomic E-state index is 5.69. The lowest BCUT2D eigenvalue weighted by atomic mass is 10.3. The molecule has 1 aromatic carbocycles. The zero-order chi connectivity index (χ0) is 11.3. The van der Waals surface area contributed by atoms with Crippen LogP contribution in [0.25, 0.3) is 0 Å². The Morgan fingerprint density at radius 3 is 2.67 bits per heavy atom. The van der Waals surface area contributed by atoms with E-state index in [4.69, 9.17) is 10.5 Å². The number of nitrogens with two attached hydrogens (primary N) is 1. The molecule has 0 unspecified atom stereocenters. The quantitative estimate of drug-likeness (QED) is 0.661. The van der Waals surface area contributed by atoms with Gasteiger partial charge in [-0.05, 0) is 32.6 Å². The number of anilines is 1. The minimum Gasteiger partial charge on any atom is -0.493 e. The van der Waals surface area contributed by atoms with Crippen LogP contribution in [0.5, 0.6) is 5.75 Å². The summed E-state index contributed by atoms with van der Waals surface area (Å²) in [4.78, 5) is 2.14. The van der Waals surface area contributed by atoms with Gasteiger partial charge in [0.25, 0.3) is 0 Å². The summed E-state index contributed by atoms with van der Waals surface area (Å²) < 4.78 is 6.53. The predicted molar refractivity (Wildman–Crippen MR) is 67.2 cm³/mol. The summed E-state index contributed by atoms with van der Waals surface area (Å²) in [5.74, 6) is 0.820. The lowest BCUT2D eigenvalue weighted by Gasteiger charge is -2.10. The summed E-state index contributed by atoms with van der Waals surface area (Å²) >= 11 is 3.38. The van der Waals surface area contributed by atoms with Crippen LogP contribution in [0, 0.1) is 0 Å². The molecule has 0 spiro atoms. The van der Waals surface area contributed by atoms with Crippen molar-refractivity contribution < 1.29 is 4.74 Å². The smallest absolute Gasteiger partial charge is 0.122 e. The van der Waals surface area contributed by atoms with Gasteiger partial charge >= 0.3 is 0 Å². The van der Waals surface area contributed by atoms with Gasteiger partial charge in [-0.25, -0.2) is 0 Å². The molecular formula is C11H17BrN2O. The lowest BCUT2D eigenvalue weighted by Crippen LogP contribution is -2.15. The maximum Gasteiger partial charge on any atom is 0.122 e. The molecule has 84 valence electrons. The minimum atomic E-state index is 0.715. The second-order valence-corrected chi connectivity index (χ2v) is 4.64. The molecule has 3 nitrogen and oxygen atoms in total. The predicted octanol–water partition coefficient (Wildman–Crippen LogP) is 2.36. The molecule has 0 radical (unpaired) electrons. The second kappa shape index (κ2) is 5.98. The van der Waals surface area contributed by atoms with Crippen molar-refractivity contribution >= 4 is 21.6 Å². The molecule has 0 bridgehead atoms. The fourth-order valence-electron chi connectivity index (χ4n) is 1.24. The van der Waals surface area contributed by atoms with Gasteiger partial charge in [-0.3, -0.25) is 0 Å². The number of nitrogen functional groups attached to an aromatic ring is 1. The molecule has 0 aliphatic carbocycles. The molecule has 0 aliphatic rings. The lowest BCUT2D eigenvalue weighted by molar-refractivity contribution is 0.281. The molecule has 0 fully saturated rings. The average Bonchev–Trinajstić information content (AvgIpc) is 2.10. The first kappa shape index (κ1) is 12.3. The highest BCUT2D eigenvalue weighted by Crippen LogP contribution is 2.22. The van der Waals surface area contributed by atoms with Crippen LogP contribution in [0.4, 0.5) is 5.69 Å². The van der Waals surface area contributed by atoms with Gasteiger partial charge in [0.1, 0.15) is 5.75 Å². The average molecular weight is 273 g/mol. The van der Waals surface area contributed by atoms with E-state index in [2.05, 4.69) is 34.9 Å². The summed E-state index contributed by atoms with van der Waals surface area (Å²) in [7, 11) is 4.11. The Morgan fingerprint density at radius 2 is 2.07 bits per heavy atom. The highest BCUT2D eigenvalue weighted by Gasteiger charge is 1.98. The Balaban J connectivity index is 2.37. The molecule has 0 aromatic heterocycles. The van der Waals surface area contributed by atoms with Crippen molar-refractivity contribution in [2.24, 2.45) is 0 Å². The molecule has 4 heteroatoms. The molecule has 0 amide bonds. The van der Waals surface area contributed by atoms with Gasteiger partial charge < -0.3 is 15.4 Å². The highest BCUT2D eigenvalue weighted by molar-refractivity contribution is 9.10. The fraction of sp³-hybridized carbons (Fsp3) is 0.455. The molecule has 0 atom stereocenters. The van der Waals surface area contributed by atoms with Crippen molar-refractivity contribution in [3.8, 4) is 5.75 Å². The SMILES string of the molecule is CN(C)CCCOc1cc(N)cc(Br)c1. The number of ether oxygens (including phenoxy) is 1. The van der Waals surface area contributed by atoms with Gasteiger partial charge in [0.2, 0.25) is 0 Å². The van der Waals surface area contributed by atoms with Crippen LogP contribution in [0.1, 0.15) is 6.42 Å². The number of nitrogens with zero attached hydrogens (tertiary/aromatic N) is 1. The minimum absolute atomic E-state index is 0.715. The molecule has 1 rings (SSSR count). The van der Waals surface area contributed by atoms with Crippen molar-refractivity contribution in [1.29, 1.82) is 0 Å². The van der Waals surface area contributed by atoms with Gasteiger partial charge in [0, 0.05) is 22.8 Å². The molecule has 1 aromatic rings. The Hall–Kier alpha value is -0.740. The van der Waals surface area contributed by atoms with Crippen LogP contribution < -0.4 is 10.5 Å². The normalized spacial score (nSPS) is 10.7. The van der Waals surface area contributed by atoms with Crippen LogP contribution >= 0.6 is 15.9 Å². The third-order valence-electron chi connectivity index (χ3n) is 1.91. The molecule has 0 saturated heterocycles. The van der Waals surface area contributed by atoms with E-state index >= 15 is 0 Å². The third kappa shape index (κ3) is 5.04. The second-order valence-electron chi connectivity index (χ2n) is 3.73. The summed E-state index contributed by atoms with van der Waals surface area (Å²) in [6, 6.07) is 5.61. The Labute approximate surface area is 99.3 Å². The third-order valence-corrected chi connectivity index (χ3v) is 2.37. The molecular weight excluding hydrogens is 256 g/mol. The first-order valence-electron chi connectivity index (χ1n) is 4.91. The Bertz CT molecular complexity index is 295. The Morgan fingerprint density at radius 1 is 1.33 bits per heavy atom. The van der Waals surface area contributed by atoms with Gasteiger partial charge in [0.05, 0.1) is 6.61 Å². The van der Waals surface area contributed by atoms with Crippen molar-refractivity contribution in [1.82, 2.24) is 4.90 Å². The molecule has 15 heavy (non-hydrogen) atoms. The van der Waals surface area contributed by atoms with Gasteiger partial charge in [-0.15, -0.1) is 0 Å². The van der Waals surface area contributed by atoms with E-state index in [-0.39, 0.29) is 0 Å². The number of rotatable bonds is 5. The van der Waals surface area contributed by atoms with Gasteiger partial charge in [-0.2, -0.15) is 0 Å². The summed E-state index contributed by atoms with van der Waals surface area (Å²) in [6.45, 7) is 1.75. The number of halogens is 1. The van der Waals surface area contributed by atoms with Gasteiger partial charge in [0.15, 0.2) is 0 Å². The zero-order valence-electron chi connectivity index (χ0n) is 9.16. The zero-order valence-corrected chi connectivity index (χ0v) is 10.8. The number of benzene rings is 1. The van der Waals surface area contributed by atoms with Crippen LogP contribution in [-0.2, 0) is 0 Å². The van der Waals surface area contributed by atoms with E-state index in [0.29, 0.717) is 12.3 Å². The van der Waals surface area contributed by atoms with E-state index in [9.17, 15) is 0 Å². The number of hydrogen-bond acceptors (Lipinski definition) is 3. The van der Waals surface area contributed by atoms with Crippen LogP contribution in [0.3, 0.4) is 0 Å². The van der Waals surface area contributed by atoms with Crippen LogP contribution in [0.2, 0.25) is 0 Å². The van der Waals surface area contributed by atoms with Crippen LogP contribution in [-0.4, -0.2) is 32.1 Å². The molecule has 0 heterocycles. The highest BCUT2D eigenvalue weighted by atomic mass is 79.9. The molecule has 0 aliphatic heterocycles. The summed E-state index contributed by atoms with van der Waals surface area (Å²) in [5.41, 5.74) is 6.41. The van der Waals surface area contributed by atoms with Crippen molar-refractivity contribution in [2.45, 2.75) is 6.42 Å². The van der Waals surface area contributed by atoms with Gasteiger partial charge in [-0.1, -0.05) is 15.9 Å². The van der Waals surface area contributed by atoms with Crippen molar-refractivity contribution in [3.05, 3.63) is 22.7 Å². The fourth-order valence-corrected chi connectivity index (χ4v) is 1.73. The van der Waals surface area contributed by atoms with E-state index < -0.39 is 0 Å². The van der Waals surface area contributed by atoms with E-state index in [1.165, 1.54) is 0 Å². The van der Waals surface area contributed by atoms with Crippen LogP contribution in [0.15, 0.2) is 22.7 Å². The van der Waals surface area contributed by atoms with Crippen molar-refractivity contribution in [2.75, 3.05) is 33.0 Å². The summed E-state index contributed by atoms with van der Waals surface area (Å²) in [5, 5.41) is 0. The molecule has 2 N–H and O–H groups in total. The van der Waals surface area contributed by atoms with E-state index in [0.717, 1.165) is 23.2 Å². The first-order valence-corrected chi connectivity index (χ1v) is 5.71. The summed E-state index contributed by atoms with van der Waals surface area (Å²) in [6.07, 6.45) is 1.01.